The molecule has 8 aromatic rings. The van der Waals surface area contributed by atoms with Crippen LogP contribution in [0.1, 0.15) is 18.4 Å². The number of rotatable bonds is 8. The van der Waals surface area contributed by atoms with Crippen LogP contribution >= 0.6 is 0 Å². The van der Waals surface area contributed by atoms with E-state index in [1.165, 1.54) is 55.1 Å². The minimum Gasteiger partial charge on any atom is -0.311 e. The number of para-hydroxylation sites is 3. The van der Waals surface area contributed by atoms with Crippen molar-refractivity contribution in [3.63, 3.8) is 0 Å². The second-order valence-electron chi connectivity index (χ2n) is 13.7. The Morgan fingerprint density at radius 1 is 0.377 bits per heavy atom. The third-order valence-electron chi connectivity index (χ3n) is 10.3. The van der Waals surface area contributed by atoms with Gasteiger partial charge in [0.2, 0.25) is 0 Å². The average Bonchev–Trinajstić information content (AvgIpc) is 3.22. The molecule has 2 nitrogen and oxygen atoms in total. The van der Waals surface area contributed by atoms with Gasteiger partial charge in [-0.1, -0.05) is 139 Å². The summed E-state index contributed by atoms with van der Waals surface area (Å²) in [7, 11) is 0. The van der Waals surface area contributed by atoms with E-state index in [1.54, 1.807) is 0 Å². The fraction of sp³-hybridized carbons (Fsp3) is 0.0588. The summed E-state index contributed by atoms with van der Waals surface area (Å²) in [6.07, 6.45) is 9.01. The highest BCUT2D eigenvalue weighted by Crippen LogP contribution is 2.45. The zero-order valence-electron chi connectivity index (χ0n) is 29.9. The predicted octanol–water partition coefficient (Wildman–Crippen LogP) is 14.5. The molecule has 1 aliphatic carbocycles. The molecule has 53 heavy (non-hydrogen) atoms. The molecule has 0 N–H and O–H groups in total. The SMILES string of the molecule is Cc1ccc2c(-c3ccc(N(C4=CCCC=C4)c4ccccc4)cc3)c3ccccc3c(-c3ccc(N(c4ccccc4)c4ccccc4)cc3)c2c1. The standard InChI is InChI=1S/C51H40N2/c1-37-26-35-48-49(36-37)51(39-29-33-45(34-30-39)53(42-20-10-4-11-21-42)43-22-12-5-13-23-43)47-25-15-14-24-46(47)50(48)38-27-31-44(32-28-38)52(40-16-6-2-7-17-40)41-18-8-3-9-19-41/h2,4-8,10-36H,3,9H2,1H3. The van der Waals surface area contributed by atoms with Crippen LogP contribution in [0.15, 0.2) is 206 Å². The Hall–Kier alpha value is -6.64. The smallest absolute Gasteiger partial charge is 0.0462 e. The van der Waals surface area contributed by atoms with Gasteiger partial charge in [-0.3, -0.25) is 0 Å². The van der Waals surface area contributed by atoms with E-state index in [9.17, 15) is 0 Å². The summed E-state index contributed by atoms with van der Waals surface area (Å²) in [5.41, 5.74) is 13.1. The first-order valence-electron chi connectivity index (χ1n) is 18.5. The van der Waals surface area contributed by atoms with Crippen molar-refractivity contribution in [3.05, 3.63) is 211 Å². The van der Waals surface area contributed by atoms with E-state index >= 15 is 0 Å². The Kier molecular flexibility index (Phi) is 8.63. The monoisotopic (exact) mass is 680 g/mol. The molecular formula is C51H40N2. The van der Waals surface area contributed by atoms with Crippen LogP contribution in [0.2, 0.25) is 0 Å². The lowest BCUT2D eigenvalue weighted by Gasteiger charge is -2.28. The van der Waals surface area contributed by atoms with Crippen LogP contribution in [0.3, 0.4) is 0 Å². The summed E-state index contributed by atoms with van der Waals surface area (Å²) < 4.78 is 0. The maximum absolute atomic E-state index is 2.36. The van der Waals surface area contributed by atoms with Crippen molar-refractivity contribution in [1.29, 1.82) is 0 Å². The molecule has 0 saturated heterocycles. The van der Waals surface area contributed by atoms with E-state index in [-0.39, 0.29) is 0 Å². The van der Waals surface area contributed by atoms with Gasteiger partial charge in [0.05, 0.1) is 0 Å². The lowest BCUT2D eigenvalue weighted by atomic mass is 9.85. The molecule has 0 fully saturated rings. The summed E-state index contributed by atoms with van der Waals surface area (Å²) in [6.45, 7) is 2.19. The van der Waals surface area contributed by atoms with Crippen molar-refractivity contribution >= 4 is 50.0 Å². The molecule has 0 atom stereocenters. The Morgan fingerprint density at radius 2 is 0.811 bits per heavy atom. The minimum atomic E-state index is 1.05. The highest BCUT2D eigenvalue weighted by Gasteiger charge is 2.19. The van der Waals surface area contributed by atoms with Crippen LogP contribution in [-0.4, -0.2) is 0 Å². The summed E-state index contributed by atoms with van der Waals surface area (Å²) in [6, 6.07) is 66.0. The van der Waals surface area contributed by atoms with E-state index in [2.05, 4.69) is 217 Å². The van der Waals surface area contributed by atoms with Crippen molar-refractivity contribution in [3.8, 4) is 22.3 Å². The normalized spacial score (nSPS) is 12.5. The number of benzene rings is 8. The van der Waals surface area contributed by atoms with Gasteiger partial charge in [0.15, 0.2) is 0 Å². The molecule has 8 aromatic carbocycles. The number of hydrogen-bond donors (Lipinski definition) is 0. The number of fused-ring (bicyclic) bond motifs is 2. The molecule has 9 rings (SSSR count). The molecule has 1 aliphatic rings. The first kappa shape index (κ1) is 32.3. The molecule has 0 aromatic heterocycles. The minimum absolute atomic E-state index is 1.05. The summed E-state index contributed by atoms with van der Waals surface area (Å²) in [5, 5.41) is 5.03. The van der Waals surface area contributed by atoms with Gasteiger partial charge in [-0.2, -0.15) is 0 Å². The zero-order chi connectivity index (χ0) is 35.6. The maximum atomic E-state index is 2.36. The molecule has 254 valence electrons. The van der Waals surface area contributed by atoms with Crippen molar-refractivity contribution in [2.45, 2.75) is 19.8 Å². The van der Waals surface area contributed by atoms with Crippen molar-refractivity contribution in [2.24, 2.45) is 0 Å². The van der Waals surface area contributed by atoms with E-state index in [1.807, 2.05) is 0 Å². The molecule has 0 heterocycles. The topological polar surface area (TPSA) is 6.48 Å². The molecule has 0 amide bonds. The molecule has 0 saturated carbocycles. The Labute approximate surface area is 312 Å². The predicted molar refractivity (Wildman–Crippen MR) is 227 cm³/mol. The van der Waals surface area contributed by atoms with E-state index in [0.29, 0.717) is 0 Å². The van der Waals surface area contributed by atoms with Crippen molar-refractivity contribution < 1.29 is 0 Å². The van der Waals surface area contributed by atoms with Gasteiger partial charge in [-0.25, -0.2) is 0 Å². The van der Waals surface area contributed by atoms with Gasteiger partial charge in [0, 0.05) is 34.1 Å². The first-order valence-corrected chi connectivity index (χ1v) is 18.5. The number of allylic oxidation sites excluding steroid dienone is 3. The largest absolute Gasteiger partial charge is 0.311 e. The lowest BCUT2D eigenvalue weighted by Crippen LogP contribution is -2.16. The van der Waals surface area contributed by atoms with Gasteiger partial charge >= 0.3 is 0 Å². The van der Waals surface area contributed by atoms with Crippen LogP contribution in [0.25, 0.3) is 43.8 Å². The van der Waals surface area contributed by atoms with Gasteiger partial charge in [0.25, 0.3) is 0 Å². The van der Waals surface area contributed by atoms with E-state index in [0.717, 1.165) is 41.3 Å². The van der Waals surface area contributed by atoms with Crippen LogP contribution in [-0.2, 0) is 0 Å². The van der Waals surface area contributed by atoms with Gasteiger partial charge in [-0.05, 0) is 130 Å². The fourth-order valence-electron chi connectivity index (χ4n) is 7.86. The number of anilines is 5. The fourth-order valence-corrected chi connectivity index (χ4v) is 7.86. The molecule has 0 bridgehead atoms. The van der Waals surface area contributed by atoms with E-state index < -0.39 is 0 Å². The van der Waals surface area contributed by atoms with Gasteiger partial charge < -0.3 is 9.80 Å². The molecule has 0 spiro atoms. The molecule has 2 heteroatoms. The number of aryl methyl sites for hydroxylation is 1. The third-order valence-corrected chi connectivity index (χ3v) is 10.3. The summed E-state index contributed by atoms with van der Waals surface area (Å²) >= 11 is 0. The third kappa shape index (κ3) is 6.19. The van der Waals surface area contributed by atoms with Crippen molar-refractivity contribution in [1.82, 2.24) is 0 Å². The van der Waals surface area contributed by atoms with Crippen LogP contribution in [0.5, 0.6) is 0 Å². The molecule has 0 unspecified atom stereocenters. The summed E-state index contributed by atoms with van der Waals surface area (Å²) in [5.74, 6) is 0. The number of nitrogens with zero attached hydrogens (tertiary/aromatic N) is 2. The summed E-state index contributed by atoms with van der Waals surface area (Å²) in [4.78, 5) is 4.68. The average molecular weight is 681 g/mol. The second-order valence-corrected chi connectivity index (χ2v) is 13.7. The zero-order valence-corrected chi connectivity index (χ0v) is 29.9. The van der Waals surface area contributed by atoms with Crippen LogP contribution in [0.4, 0.5) is 28.4 Å². The molecular weight excluding hydrogens is 641 g/mol. The lowest BCUT2D eigenvalue weighted by molar-refractivity contribution is 0.997. The Balaban J connectivity index is 1.17. The Bertz CT molecular complexity index is 2550. The first-order chi connectivity index (χ1) is 26.2. The van der Waals surface area contributed by atoms with Gasteiger partial charge in [0.1, 0.15) is 0 Å². The molecule has 0 aliphatic heterocycles. The van der Waals surface area contributed by atoms with Crippen LogP contribution < -0.4 is 9.80 Å². The highest BCUT2D eigenvalue weighted by atomic mass is 15.1. The van der Waals surface area contributed by atoms with E-state index in [4.69, 9.17) is 0 Å². The Morgan fingerprint density at radius 3 is 1.32 bits per heavy atom. The number of hydrogen-bond acceptors (Lipinski definition) is 2. The second kappa shape index (κ2) is 14.2. The quantitative estimate of drug-likeness (QED) is 0.147. The maximum Gasteiger partial charge on any atom is 0.0462 e. The van der Waals surface area contributed by atoms with Crippen molar-refractivity contribution in [2.75, 3.05) is 9.80 Å². The van der Waals surface area contributed by atoms with Crippen LogP contribution in [0, 0.1) is 6.92 Å². The highest BCUT2D eigenvalue weighted by molar-refractivity contribution is 6.21. The molecule has 0 radical (unpaired) electrons. The van der Waals surface area contributed by atoms with Gasteiger partial charge in [-0.15, -0.1) is 0 Å².